The second-order valence-corrected chi connectivity index (χ2v) is 6.57. The number of nitrogens with zero attached hydrogens (tertiary/aromatic N) is 3. The molecule has 24 heavy (non-hydrogen) atoms. The maximum Gasteiger partial charge on any atom is 0.201 e. The summed E-state index contributed by atoms with van der Waals surface area (Å²) in [5, 5.41) is 8.42. The molecule has 124 valence electrons. The van der Waals surface area contributed by atoms with Gasteiger partial charge in [-0.3, -0.25) is 0 Å². The first-order valence-electron chi connectivity index (χ1n) is 7.56. The Kier molecular flexibility index (Phi) is 3.70. The highest BCUT2D eigenvalue weighted by molar-refractivity contribution is 7.70. The normalized spacial score (nSPS) is 16.7. The summed E-state index contributed by atoms with van der Waals surface area (Å²) in [5.41, 5.74) is 4.87. The van der Waals surface area contributed by atoms with Crippen molar-refractivity contribution in [1.29, 1.82) is 0 Å². The molecule has 0 bridgehead atoms. The van der Waals surface area contributed by atoms with Crippen LogP contribution in [0.4, 0.5) is 0 Å². The molecule has 0 aliphatic heterocycles. The number of hydrogen-bond donors (Lipinski definition) is 2. The zero-order chi connectivity index (χ0) is 16.7. The van der Waals surface area contributed by atoms with E-state index in [1.165, 1.54) is 5.56 Å². The average molecular weight is 344 g/mol. The molecule has 1 unspecified atom stereocenters. The summed E-state index contributed by atoms with van der Waals surface area (Å²) in [6, 6.07) is 11.6. The van der Waals surface area contributed by atoms with E-state index in [-0.39, 0.29) is 6.04 Å². The molecule has 0 radical (unpaired) electrons. The number of thiol groups is 1. The Bertz CT molecular complexity index is 988. The maximum absolute atomic E-state index is 10.9. The van der Waals surface area contributed by atoms with Crippen molar-refractivity contribution < 1.29 is 13.2 Å². The number of aromatic nitrogens is 3. The van der Waals surface area contributed by atoms with Crippen LogP contribution in [-0.4, -0.2) is 36.6 Å². The minimum absolute atomic E-state index is 0.0619. The number of benzene rings is 2. The number of ether oxygens (including phenoxy) is 1. The number of methoxy groups -OCH3 is 1. The van der Waals surface area contributed by atoms with E-state index in [9.17, 15) is 8.42 Å². The molecular formula is C16H16N4O3S. The van der Waals surface area contributed by atoms with Crippen molar-refractivity contribution in [2.75, 3.05) is 7.11 Å². The summed E-state index contributed by atoms with van der Waals surface area (Å²) < 4.78 is 31.3. The van der Waals surface area contributed by atoms with Gasteiger partial charge < -0.3 is 4.74 Å². The summed E-state index contributed by atoms with van der Waals surface area (Å²) in [7, 11) is -0.958. The fraction of sp³-hybridized carbons (Fsp3) is 0.250. The molecule has 1 aromatic heterocycles. The second-order valence-electron chi connectivity index (χ2n) is 5.80. The zero-order valence-corrected chi connectivity index (χ0v) is 13.9. The van der Waals surface area contributed by atoms with Crippen LogP contribution in [0.15, 0.2) is 36.4 Å². The first kappa shape index (κ1) is 15.1. The minimum atomic E-state index is -2.58. The van der Waals surface area contributed by atoms with Gasteiger partial charge in [0, 0.05) is 12.1 Å². The summed E-state index contributed by atoms with van der Waals surface area (Å²) >= 11 is 0. The summed E-state index contributed by atoms with van der Waals surface area (Å²) in [6.07, 6.45) is 1.40. The molecule has 2 aromatic carbocycles. The predicted molar refractivity (Wildman–Crippen MR) is 90.1 cm³/mol. The van der Waals surface area contributed by atoms with Crippen LogP contribution in [0.1, 0.15) is 11.1 Å². The van der Waals surface area contributed by atoms with Crippen molar-refractivity contribution in [1.82, 2.24) is 19.7 Å². The fourth-order valence-corrected chi connectivity index (χ4v) is 3.68. The van der Waals surface area contributed by atoms with Crippen molar-refractivity contribution in [2.45, 2.75) is 18.9 Å². The van der Waals surface area contributed by atoms with Gasteiger partial charge in [-0.1, -0.05) is 11.3 Å². The van der Waals surface area contributed by atoms with E-state index in [4.69, 9.17) is 4.74 Å². The van der Waals surface area contributed by atoms with Gasteiger partial charge in [-0.05, 0) is 48.2 Å². The van der Waals surface area contributed by atoms with Gasteiger partial charge in [-0.2, -0.15) is 0 Å². The number of fused-ring (bicyclic) bond motifs is 2. The summed E-state index contributed by atoms with van der Waals surface area (Å²) in [4.78, 5) is 0. The molecule has 7 nitrogen and oxygen atoms in total. The lowest BCUT2D eigenvalue weighted by Crippen LogP contribution is -2.27. The van der Waals surface area contributed by atoms with E-state index < -0.39 is 10.9 Å². The van der Waals surface area contributed by atoms with Crippen molar-refractivity contribution in [2.24, 2.45) is 0 Å². The Morgan fingerprint density at radius 2 is 2.00 bits per heavy atom. The fourth-order valence-electron chi connectivity index (χ4n) is 3.20. The van der Waals surface area contributed by atoms with Crippen molar-refractivity contribution >= 4 is 21.9 Å². The van der Waals surface area contributed by atoms with Crippen molar-refractivity contribution in [3.05, 3.63) is 47.5 Å². The van der Waals surface area contributed by atoms with Crippen LogP contribution in [0.3, 0.4) is 0 Å². The summed E-state index contributed by atoms with van der Waals surface area (Å²) in [5.74, 6) is 0.740. The molecule has 0 saturated heterocycles. The highest BCUT2D eigenvalue weighted by atomic mass is 32.2. The van der Waals surface area contributed by atoms with Gasteiger partial charge in [0.25, 0.3) is 0 Å². The highest BCUT2D eigenvalue weighted by Crippen LogP contribution is 2.27. The third kappa shape index (κ3) is 2.63. The Hall–Kier alpha value is -2.45. The van der Waals surface area contributed by atoms with Gasteiger partial charge in [0.1, 0.15) is 11.3 Å². The first-order chi connectivity index (χ1) is 11.6. The molecule has 1 atom stereocenters. The van der Waals surface area contributed by atoms with E-state index in [0.717, 1.165) is 28.0 Å². The Morgan fingerprint density at radius 1 is 1.17 bits per heavy atom. The van der Waals surface area contributed by atoms with Gasteiger partial charge in [0.05, 0.1) is 18.3 Å². The van der Waals surface area contributed by atoms with E-state index in [1.807, 2.05) is 36.4 Å². The molecule has 8 heteroatoms. The van der Waals surface area contributed by atoms with Crippen molar-refractivity contribution in [3.8, 4) is 11.4 Å². The van der Waals surface area contributed by atoms with Crippen LogP contribution in [0.25, 0.3) is 16.7 Å². The van der Waals surface area contributed by atoms with Gasteiger partial charge in [-0.25, -0.2) is 17.8 Å². The monoisotopic (exact) mass is 344 g/mol. The van der Waals surface area contributed by atoms with E-state index in [1.54, 1.807) is 11.8 Å². The lowest BCUT2D eigenvalue weighted by atomic mass is 10.1. The van der Waals surface area contributed by atoms with E-state index in [2.05, 4.69) is 15.0 Å². The van der Waals surface area contributed by atoms with E-state index >= 15 is 0 Å². The Morgan fingerprint density at radius 3 is 2.79 bits per heavy atom. The van der Waals surface area contributed by atoms with Crippen LogP contribution in [0.2, 0.25) is 0 Å². The predicted octanol–water partition coefficient (Wildman–Crippen LogP) is 1.01. The molecule has 0 amide bonds. The lowest BCUT2D eigenvalue weighted by Gasteiger charge is -2.06. The van der Waals surface area contributed by atoms with Crippen LogP contribution < -0.4 is 9.46 Å². The molecule has 1 N–H and O–H groups in total. The van der Waals surface area contributed by atoms with Crippen molar-refractivity contribution in [3.63, 3.8) is 0 Å². The number of rotatable bonds is 4. The lowest BCUT2D eigenvalue weighted by molar-refractivity contribution is 0.415. The van der Waals surface area contributed by atoms with Gasteiger partial charge >= 0.3 is 0 Å². The third-order valence-electron chi connectivity index (χ3n) is 4.31. The Balaban J connectivity index is 1.70. The van der Waals surface area contributed by atoms with Crippen LogP contribution in [0.5, 0.6) is 5.75 Å². The average Bonchev–Trinajstić information content (AvgIpc) is 3.15. The molecule has 3 aromatic rings. The minimum Gasteiger partial charge on any atom is -0.497 e. The molecule has 1 aliphatic rings. The van der Waals surface area contributed by atoms with Gasteiger partial charge in [0.15, 0.2) is 0 Å². The maximum atomic E-state index is 10.9. The SMILES string of the molecule is COc1ccc2c(c1)nnn2-c1ccc2c(c1)CC(N[SH](=O)=O)C2. The molecule has 1 heterocycles. The quantitative estimate of drug-likeness (QED) is 0.690. The number of hydrogen-bond acceptors (Lipinski definition) is 5. The highest BCUT2D eigenvalue weighted by Gasteiger charge is 2.22. The van der Waals surface area contributed by atoms with Crippen LogP contribution >= 0.6 is 0 Å². The molecule has 1 aliphatic carbocycles. The molecular weight excluding hydrogens is 328 g/mol. The largest absolute Gasteiger partial charge is 0.497 e. The zero-order valence-electron chi connectivity index (χ0n) is 13.0. The molecule has 4 rings (SSSR count). The van der Waals surface area contributed by atoms with Crippen LogP contribution in [-0.2, 0) is 23.7 Å². The molecule has 0 fully saturated rings. The Labute approximate surface area is 140 Å². The topological polar surface area (TPSA) is 86.1 Å². The van der Waals surface area contributed by atoms with Gasteiger partial charge in [0.2, 0.25) is 10.9 Å². The standard InChI is InChI=1S/C16H16N4O3S/c1-23-14-4-5-16-15(9-14)17-19-20(16)13-3-2-10-6-12(18-24(21)22)7-11(10)8-13/h2-5,8-9,12,24H,6-7H2,1H3,(H,18,21,22). The smallest absolute Gasteiger partial charge is 0.201 e. The molecule has 0 spiro atoms. The van der Waals surface area contributed by atoms with Crippen LogP contribution in [0, 0.1) is 0 Å². The van der Waals surface area contributed by atoms with E-state index in [0.29, 0.717) is 12.8 Å². The van der Waals surface area contributed by atoms with Gasteiger partial charge in [-0.15, -0.1) is 5.10 Å². The summed E-state index contributed by atoms with van der Waals surface area (Å²) in [6.45, 7) is 0. The number of nitrogens with one attached hydrogen (secondary N) is 1. The third-order valence-corrected chi connectivity index (χ3v) is 4.88. The second kappa shape index (κ2) is 5.88. The molecule has 0 saturated carbocycles. The first-order valence-corrected chi connectivity index (χ1v) is 8.74.